The van der Waals surface area contributed by atoms with E-state index in [1.54, 1.807) is 0 Å². The van der Waals surface area contributed by atoms with Gasteiger partial charge in [0.15, 0.2) is 0 Å². The first-order valence-electron chi connectivity index (χ1n) is 5.00. The van der Waals surface area contributed by atoms with Gasteiger partial charge in [-0.2, -0.15) is 0 Å². The van der Waals surface area contributed by atoms with Gasteiger partial charge in [-0.3, -0.25) is 4.79 Å². The lowest BCUT2D eigenvalue weighted by Gasteiger charge is -2.37. The highest BCUT2D eigenvalue weighted by Crippen LogP contribution is 2.38. The number of rotatable bonds is 0. The van der Waals surface area contributed by atoms with Crippen LogP contribution in [-0.2, 0) is 4.79 Å². The van der Waals surface area contributed by atoms with Crippen molar-refractivity contribution in [3.8, 4) is 0 Å². The maximum Gasteiger partial charge on any atom is 0.136 e. The van der Waals surface area contributed by atoms with Gasteiger partial charge in [0, 0.05) is 12.3 Å². The van der Waals surface area contributed by atoms with Crippen LogP contribution in [0.1, 0.15) is 38.5 Å². The Bertz CT molecular complexity index is 188. The van der Waals surface area contributed by atoms with E-state index in [9.17, 15) is 9.90 Å². The fourth-order valence-electron chi connectivity index (χ4n) is 2.71. The molecule has 2 rings (SSSR count). The van der Waals surface area contributed by atoms with Gasteiger partial charge in [0.1, 0.15) is 5.78 Å². The second-order valence-corrected chi connectivity index (χ2v) is 4.13. The summed E-state index contributed by atoms with van der Waals surface area (Å²) in [5.41, 5.74) is 0. The second kappa shape index (κ2) is 3.17. The minimum atomic E-state index is -0.187. The molecule has 0 bridgehead atoms. The van der Waals surface area contributed by atoms with Crippen LogP contribution in [0.25, 0.3) is 0 Å². The zero-order chi connectivity index (χ0) is 8.55. The van der Waals surface area contributed by atoms with E-state index in [2.05, 4.69) is 0 Å². The standard InChI is InChI=1S/C10H16O2/c11-9-5-6-10(12)8-4-2-1-3-7(8)9/h7-9,11H,1-6H2/t7-,8-,9?/m1/s1. The summed E-state index contributed by atoms with van der Waals surface area (Å²) in [4.78, 5) is 11.5. The Hall–Kier alpha value is -0.370. The number of hydrogen-bond acceptors (Lipinski definition) is 2. The third kappa shape index (κ3) is 1.28. The number of hydrogen-bond donors (Lipinski definition) is 1. The summed E-state index contributed by atoms with van der Waals surface area (Å²) in [6.07, 6.45) is 5.61. The predicted octanol–water partition coefficient (Wildman–Crippen LogP) is 1.52. The van der Waals surface area contributed by atoms with Crippen molar-refractivity contribution < 1.29 is 9.90 Å². The number of aliphatic hydroxyl groups is 1. The molecule has 68 valence electrons. The number of ketones is 1. The molecule has 2 fully saturated rings. The summed E-state index contributed by atoms with van der Waals surface area (Å²) in [7, 11) is 0. The summed E-state index contributed by atoms with van der Waals surface area (Å²) >= 11 is 0. The molecule has 0 aromatic rings. The molecular formula is C10H16O2. The van der Waals surface area contributed by atoms with Crippen molar-refractivity contribution in [3.63, 3.8) is 0 Å². The summed E-state index contributed by atoms with van der Waals surface area (Å²) in [5, 5.41) is 9.67. The van der Waals surface area contributed by atoms with Gasteiger partial charge in [-0.1, -0.05) is 12.8 Å². The van der Waals surface area contributed by atoms with E-state index >= 15 is 0 Å². The molecular weight excluding hydrogens is 152 g/mol. The molecule has 0 heterocycles. The molecule has 1 unspecified atom stereocenters. The number of carbonyl (C=O) groups excluding carboxylic acids is 1. The van der Waals surface area contributed by atoms with Crippen LogP contribution in [0.3, 0.4) is 0 Å². The molecule has 0 radical (unpaired) electrons. The van der Waals surface area contributed by atoms with Crippen molar-refractivity contribution in [2.75, 3.05) is 0 Å². The number of aliphatic hydroxyl groups excluding tert-OH is 1. The molecule has 2 heteroatoms. The Morgan fingerprint density at radius 2 is 1.92 bits per heavy atom. The number of carbonyl (C=O) groups is 1. The van der Waals surface area contributed by atoms with Crippen molar-refractivity contribution in [2.45, 2.75) is 44.6 Å². The van der Waals surface area contributed by atoms with Crippen molar-refractivity contribution in [3.05, 3.63) is 0 Å². The number of fused-ring (bicyclic) bond motifs is 1. The van der Waals surface area contributed by atoms with E-state index in [1.165, 1.54) is 12.8 Å². The summed E-state index contributed by atoms with van der Waals surface area (Å²) in [5.74, 6) is 0.924. The largest absolute Gasteiger partial charge is 0.393 e. The van der Waals surface area contributed by atoms with Gasteiger partial charge in [-0.05, 0) is 25.2 Å². The maximum atomic E-state index is 11.5. The van der Waals surface area contributed by atoms with E-state index < -0.39 is 0 Å². The molecule has 1 N–H and O–H groups in total. The Labute approximate surface area is 73.0 Å². The first-order valence-corrected chi connectivity index (χ1v) is 5.00. The average Bonchev–Trinajstić information content (AvgIpc) is 2.12. The fourth-order valence-corrected chi connectivity index (χ4v) is 2.71. The van der Waals surface area contributed by atoms with Gasteiger partial charge < -0.3 is 5.11 Å². The zero-order valence-electron chi connectivity index (χ0n) is 7.33. The molecule has 0 aliphatic heterocycles. The predicted molar refractivity (Wildman–Crippen MR) is 45.7 cm³/mol. The van der Waals surface area contributed by atoms with Gasteiger partial charge in [0.25, 0.3) is 0 Å². The van der Waals surface area contributed by atoms with Gasteiger partial charge in [0.05, 0.1) is 6.10 Å². The Morgan fingerprint density at radius 3 is 2.67 bits per heavy atom. The first-order chi connectivity index (χ1) is 5.79. The zero-order valence-corrected chi connectivity index (χ0v) is 7.33. The fraction of sp³-hybridized carbons (Fsp3) is 0.900. The first kappa shape index (κ1) is 8.24. The molecule has 2 nitrogen and oxygen atoms in total. The molecule has 0 saturated heterocycles. The quantitative estimate of drug-likeness (QED) is 0.595. The molecule has 2 aliphatic rings. The maximum absolute atomic E-state index is 11.5. The SMILES string of the molecule is O=C1CCC(O)[C@@H]2CCCC[C@@H]12. The molecule has 0 aromatic heterocycles. The van der Waals surface area contributed by atoms with Crippen LogP contribution in [0, 0.1) is 11.8 Å². The van der Waals surface area contributed by atoms with Gasteiger partial charge in [-0.25, -0.2) is 0 Å². The summed E-state index contributed by atoms with van der Waals surface area (Å²) in [6.45, 7) is 0. The topological polar surface area (TPSA) is 37.3 Å². The van der Waals surface area contributed by atoms with Crippen LogP contribution in [0.2, 0.25) is 0 Å². The van der Waals surface area contributed by atoms with Crippen LogP contribution in [0.15, 0.2) is 0 Å². The Kier molecular flexibility index (Phi) is 2.18. The van der Waals surface area contributed by atoms with E-state index in [0.717, 1.165) is 12.8 Å². The van der Waals surface area contributed by atoms with E-state index in [4.69, 9.17) is 0 Å². The van der Waals surface area contributed by atoms with Gasteiger partial charge in [0.2, 0.25) is 0 Å². The molecule has 12 heavy (non-hydrogen) atoms. The molecule has 2 aliphatic carbocycles. The van der Waals surface area contributed by atoms with Crippen molar-refractivity contribution in [2.24, 2.45) is 11.8 Å². The molecule has 3 atom stereocenters. The summed E-state index contributed by atoms with van der Waals surface area (Å²) in [6, 6.07) is 0. The number of Topliss-reactive ketones (excluding diaryl/α,β-unsaturated/α-hetero) is 1. The molecule has 0 amide bonds. The highest BCUT2D eigenvalue weighted by molar-refractivity contribution is 5.82. The lowest BCUT2D eigenvalue weighted by atomic mass is 9.69. The van der Waals surface area contributed by atoms with Crippen LogP contribution in [0.5, 0.6) is 0 Å². The van der Waals surface area contributed by atoms with Crippen molar-refractivity contribution in [1.29, 1.82) is 0 Å². The van der Waals surface area contributed by atoms with E-state index in [-0.39, 0.29) is 12.0 Å². The molecule has 0 spiro atoms. The van der Waals surface area contributed by atoms with Gasteiger partial charge >= 0.3 is 0 Å². The highest BCUT2D eigenvalue weighted by Gasteiger charge is 2.38. The Morgan fingerprint density at radius 1 is 1.17 bits per heavy atom. The third-order valence-electron chi connectivity index (χ3n) is 3.41. The van der Waals surface area contributed by atoms with Crippen molar-refractivity contribution in [1.82, 2.24) is 0 Å². The molecule has 2 saturated carbocycles. The van der Waals surface area contributed by atoms with Crippen LogP contribution in [0.4, 0.5) is 0 Å². The Balaban J connectivity index is 2.11. The lowest BCUT2D eigenvalue weighted by molar-refractivity contribution is -0.132. The van der Waals surface area contributed by atoms with E-state index in [1.807, 2.05) is 0 Å². The van der Waals surface area contributed by atoms with Crippen molar-refractivity contribution >= 4 is 5.78 Å². The minimum absolute atomic E-state index is 0.187. The minimum Gasteiger partial charge on any atom is -0.393 e. The average molecular weight is 168 g/mol. The smallest absolute Gasteiger partial charge is 0.136 e. The van der Waals surface area contributed by atoms with Gasteiger partial charge in [-0.15, -0.1) is 0 Å². The summed E-state index contributed by atoms with van der Waals surface area (Å²) < 4.78 is 0. The van der Waals surface area contributed by atoms with E-state index in [0.29, 0.717) is 24.5 Å². The van der Waals surface area contributed by atoms with Crippen LogP contribution < -0.4 is 0 Å². The molecule has 0 aromatic carbocycles. The highest BCUT2D eigenvalue weighted by atomic mass is 16.3. The van der Waals surface area contributed by atoms with Crippen LogP contribution >= 0.6 is 0 Å². The normalized spacial score (nSPS) is 42.4. The second-order valence-electron chi connectivity index (χ2n) is 4.13. The third-order valence-corrected chi connectivity index (χ3v) is 3.41. The van der Waals surface area contributed by atoms with Crippen LogP contribution in [-0.4, -0.2) is 17.0 Å². The monoisotopic (exact) mass is 168 g/mol. The lowest BCUT2D eigenvalue weighted by Crippen LogP contribution is -2.40.